The zero-order valence-electron chi connectivity index (χ0n) is 16.8. The molecule has 0 unspecified atom stereocenters. The van der Waals surface area contributed by atoms with E-state index in [-0.39, 0.29) is 22.3 Å². The summed E-state index contributed by atoms with van der Waals surface area (Å²) in [5, 5.41) is 14.4. The van der Waals surface area contributed by atoms with E-state index in [2.05, 4.69) is 5.32 Å². The van der Waals surface area contributed by atoms with Crippen LogP contribution in [0.15, 0.2) is 42.5 Å². The fraction of sp³-hybridized carbons (Fsp3) is 0.350. The predicted octanol–water partition coefficient (Wildman–Crippen LogP) is 5.79. The Hall–Kier alpha value is -2.67. The fourth-order valence-electron chi connectivity index (χ4n) is 2.79. The van der Waals surface area contributed by atoms with E-state index in [1.54, 1.807) is 0 Å². The minimum atomic E-state index is -5.36. The van der Waals surface area contributed by atoms with Crippen LogP contribution < -0.4 is 10.6 Å². The van der Waals surface area contributed by atoms with Gasteiger partial charge in [0.1, 0.15) is 6.42 Å². The fourth-order valence-corrected chi connectivity index (χ4v) is 3.04. The normalized spacial score (nSPS) is 14.4. The summed E-state index contributed by atoms with van der Waals surface area (Å²) in [5.74, 6) is -1.32. The highest BCUT2D eigenvalue weighted by atomic mass is 35.5. The molecule has 0 radical (unpaired) electrons. The zero-order valence-corrected chi connectivity index (χ0v) is 17.6. The number of hydrogen-bond acceptors (Lipinski definition) is 3. The molecule has 188 valence electrons. The van der Waals surface area contributed by atoms with Crippen molar-refractivity contribution in [2.75, 3.05) is 11.9 Å². The van der Waals surface area contributed by atoms with Crippen LogP contribution >= 0.6 is 11.6 Å². The third-order valence-electron chi connectivity index (χ3n) is 4.57. The minimum absolute atomic E-state index is 0.0787. The highest BCUT2D eigenvalue weighted by Crippen LogP contribution is 2.41. The maximum atomic E-state index is 13.6. The maximum absolute atomic E-state index is 13.6. The second-order valence-electron chi connectivity index (χ2n) is 7.17. The van der Waals surface area contributed by atoms with Gasteiger partial charge in [-0.25, -0.2) is 0 Å². The zero-order chi connectivity index (χ0) is 25.9. The van der Waals surface area contributed by atoms with E-state index < -0.39 is 60.7 Å². The van der Waals surface area contributed by atoms with E-state index in [1.807, 2.05) is 5.32 Å². The lowest BCUT2D eigenvalue weighted by molar-refractivity contribution is -0.260. The number of alkyl halides is 9. The van der Waals surface area contributed by atoms with Gasteiger partial charge < -0.3 is 15.7 Å². The van der Waals surface area contributed by atoms with E-state index in [0.717, 1.165) is 12.1 Å². The van der Waals surface area contributed by atoms with Crippen LogP contribution in [0.25, 0.3) is 0 Å². The largest absolute Gasteiger partial charge is 0.423 e. The molecule has 2 aromatic carbocycles. The minimum Gasteiger partial charge on any atom is -0.381 e. The van der Waals surface area contributed by atoms with Gasteiger partial charge in [-0.3, -0.25) is 4.79 Å². The molecule has 0 heterocycles. The van der Waals surface area contributed by atoms with Crippen LogP contribution in [0.4, 0.5) is 45.2 Å². The second-order valence-corrected chi connectivity index (χ2v) is 7.57. The molecule has 0 aliphatic rings. The lowest BCUT2D eigenvalue weighted by Crippen LogP contribution is -2.48. The number of carbonyl (C=O) groups is 1. The van der Waals surface area contributed by atoms with Crippen molar-refractivity contribution in [3.8, 4) is 0 Å². The highest BCUT2D eigenvalue weighted by molar-refractivity contribution is 6.31. The average Bonchev–Trinajstić information content (AvgIpc) is 2.68. The summed E-state index contributed by atoms with van der Waals surface area (Å²) in [6.45, 7) is -1.68. The lowest BCUT2D eigenvalue weighted by Gasteiger charge is -2.32. The number of anilines is 1. The van der Waals surface area contributed by atoms with E-state index in [9.17, 15) is 49.4 Å². The van der Waals surface area contributed by atoms with Gasteiger partial charge in [0, 0.05) is 17.3 Å². The van der Waals surface area contributed by atoms with E-state index in [1.165, 1.54) is 12.1 Å². The van der Waals surface area contributed by atoms with Gasteiger partial charge in [-0.05, 0) is 35.4 Å². The molecular weight excluding hydrogens is 507 g/mol. The standard InChI is InChI=1S/C20H16ClF9N2O2/c21-15-7-14(5-4-11(15)9-31-16(33)8-18(22,23)24)32-10-17(34,20(28,29)30)12-2-1-3-13(6-12)19(25,26)27/h1-7,32,34H,8-10H2,(H,31,33)/t17-/m0/s1. The Bertz CT molecular complexity index is 1020. The smallest absolute Gasteiger partial charge is 0.381 e. The van der Waals surface area contributed by atoms with Crippen molar-refractivity contribution in [3.63, 3.8) is 0 Å². The van der Waals surface area contributed by atoms with E-state index in [0.29, 0.717) is 12.1 Å². The van der Waals surface area contributed by atoms with Gasteiger partial charge >= 0.3 is 18.5 Å². The molecule has 0 saturated carbocycles. The molecule has 14 heteroatoms. The first-order valence-corrected chi connectivity index (χ1v) is 9.63. The molecule has 34 heavy (non-hydrogen) atoms. The molecule has 1 amide bonds. The van der Waals surface area contributed by atoms with Gasteiger partial charge in [0.2, 0.25) is 11.5 Å². The summed E-state index contributed by atoms with van der Waals surface area (Å²) in [4.78, 5) is 11.2. The Morgan fingerprint density at radius 3 is 2.06 bits per heavy atom. The van der Waals surface area contributed by atoms with E-state index in [4.69, 9.17) is 11.6 Å². The molecule has 2 rings (SSSR count). The third-order valence-corrected chi connectivity index (χ3v) is 4.93. The van der Waals surface area contributed by atoms with Crippen LogP contribution in [-0.4, -0.2) is 29.9 Å². The SMILES string of the molecule is O=C(CC(F)(F)F)NCc1ccc(NC[C@](O)(c2cccc(C(F)(F)F)c2)C(F)(F)F)cc1Cl. The van der Waals surface area contributed by atoms with Crippen LogP contribution in [-0.2, 0) is 23.1 Å². The van der Waals surface area contributed by atoms with Crippen molar-refractivity contribution in [2.45, 2.75) is 37.1 Å². The number of carbonyl (C=O) groups excluding carboxylic acids is 1. The quantitative estimate of drug-likeness (QED) is 0.404. The molecule has 0 aliphatic heterocycles. The average molecular weight is 523 g/mol. The van der Waals surface area contributed by atoms with Crippen molar-refractivity contribution in [1.82, 2.24) is 5.32 Å². The lowest BCUT2D eigenvalue weighted by atomic mass is 9.91. The Morgan fingerprint density at radius 1 is 0.912 bits per heavy atom. The first-order valence-electron chi connectivity index (χ1n) is 9.25. The molecule has 0 fully saturated rings. The number of rotatable bonds is 7. The second kappa shape index (κ2) is 9.90. The van der Waals surface area contributed by atoms with Gasteiger partial charge in [-0.1, -0.05) is 29.8 Å². The van der Waals surface area contributed by atoms with Gasteiger partial charge in [0.05, 0.1) is 12.1 Å². The van der Waals surface area contributed by atoms with Crippen LogP contribution in [0, 0.1) is 0 Å². The van der Waals surface area contributed by atoms with Crippen molar-refractivity contribution in [2.24, 2.45) is 0 Å². The molecular formula is C20H16ClF9N2O2. The molecule has 3 N–H and O–H groups in total. The molecule has 4 nitrogen and oxygen atoms in total. The Labute approximate surface area is 191 Å². The third kappa shape index (κ3) is 7.16. The van der Waals surface area contributed by atoms with Crippen molar-refractivity contribution >= 4 is 23.2 Å². The first kappa shape index (κ1) is 27.6. The van der Waals surface area contributed by atoms with Crippen molar-refractivity contribution in [3.05, 3.63) is 64.2 Å². The summed E-state index contributed by atoms with van der Waals surface area (Å²) >= 11 is 5.95. The highest BCUT2D eigenvalue weighted by Gasteiger charge is 2.55. The van der Waals surface area contributed by atoms with Gasteiger partial charge in [-0.2, -0.15) is 39.5 Å². The summed E-state index contributed by atoms with van der Waals surface area (Å²) < 4.78 is 116. The van der Waals surface area contributed by atoms with Crippen LogP contribution in [0.1, 0.15) is 23.1 Å². The number of benzene rings is 2. The van der Waals surface area contributed by atoms with Crippen LogP contribution in [0.5, 0.6) is 0 Å². The monoisotopic (exact) mass is 522 g/mol. The Balaban J connectivity index is 2.18. The Morgan fingerprint density at radius 2 is 1.53 bits per heavy atom. The molecule has 2 aromatic rings. The van der Waals surface area contributed by atoms with Crippen molar-refractivity contribution in [1.29, 1.82) is 0 Å². The summed E-state index contributed by atoms with van der Waals surface area (Å²) in [6.07, 6.45) is -16.7. The summed E-state index contributed by atoms with van der Waals surface area (Å²) in [5.41, 5.74) is -6.06. The maximum Gasteiger partial charge on any atom is 0.423 e. The van der Waals surface area contributed by atoms with Crippen LogP contribution in [0.3, 0.4) is 0 Å². The number of nitrogens with one attached hydrogen (secondary N) is 2. The number of hydrogen-bond donors (Lipinski definition) is 3. The van der Waals surface area contributed by atoms with Crippen molar-refractivity contribution < 1.29 is 49.4 Å². The Kier molecular flexibility index (Phi) is 8.03. The topological polar surface area (TPSA) is 61.4 Å². The van der Waals surface area contributed by atoms with Gasteiger partial charge in [0.15, 0.2) is 0 Å². The molecule has 0 spiro atoms. The number of aliphatic hydroxyl groups is 1. The molecule has 1 atom stereocenters. The molecule has 0 aromatic heterocycles. The summed E-state index contributed by atoms with van der Waals surface area (Å²) in [6, 6.07) is 5.62. The van der Waals surface area contributed by atoms with Gasteiger partial charge in [0.25, 0.3) is 0 Å². The first-order chi connectivity index (χ1) is 15.4. The molecule has 0 bridgehead atoms. The summed E-state index contributed by atoms with van der Waals surface area (Å²) in [7, 11) is 0. The number of amides is 1. The predicted molar refractivity (Wildman–Crippen MR) is 104 cm³/mol. The number of halogens is 10. The van der Waals surface area contributed by atoms with E-state index >= 15 is 0 Å². The van der Waals surface area contributed by atoms with Gasteiger partial charge in [-0.15, -0.1) is 0 Å². The molecule has 0 aliphatic carbocycles. The van der Waals surface area contributed by atoms with Crippen LogP contribution in [0.2, 0.25) is 5.02 Å². The molecule has 0 saturated heterocycles.